The molecule has 84 valence electrons. The number of halogens is 1. The van der Waals surface area contributed by atoms with Gasteiger partial charge in [-0.25, -0.2) is 4.79 Å². The lowest BCUT2D eigenvalue weighted by Gasteiger charge is -2.07. The number of carbonyl (C=O) groups excluding carboxylic acids is 1. The molecule has 1 aromatic carbocycles. The maximum absolute atomic E-state index is 11.3. The smallest absolute Gasteiger partial charge is 0.328 e. The lowest BCUT2D eigenvalue weighted by Crippen LogP contribution is -2.09. The third-order valence-electron chi connectivity index (χ3n) is 1.90. The van der Waals surface area contributed by atoms with E-state index in [2.05, 4.69) is 21.2 Å². The Kier molecular flexibility index (Phi) is 4.25. The van der Waals surface area contributed by atoms with Crippen LogP contribution in [-0.4, -0.2) is 17.0 Å². The maximum Gasteiger partial charge on any atom is 0.328 e. The Hall–Kier alpha value is -1.62. The summed E-state index contributed by atoms with van der Waals surface area (Å²) in [5, 5.41) is 10.9. The number of amides is 1. The molecule has 0 radical (unpaired) electrons. The Morgan fingerprint density at radius 3 is 2.69 bits per heavy atom. The molecule has 0 unspecified atom stereocenters. The van der Waals surface area contributed by atoms with E-state index in [0.29, 0.717) is 5.69 Å². The summed E-state index contributed by atoms with van der Waals surface area (Å²) in [5.74, 6) is -1.62. The van der Waals surface area contributed by atoms with Crippen LogP contribution < -0.4 is 5.32 Å². The molecule has 0 aliphatic rings. The minimum Gasteiger partial charge on any atom is -0.478 e. The zero-order valence-corrected chi connectivity index (χ0v) is 10.1. The van der Waals surface area contributed by atoms with Crippen LogP contribution in [0, 0.1) is 6.92 Å². The van der Waals surface area contributed by atoms with E-state index in [1.807, 2.05) is 13.0 Å². The maximum atomic E-state index is 11.3. The number of benzene rings is 1. The summed E-state index contributed by atoms with van der Waals surface area (Å²) in [6.07, 6.45) is 1.77. The first kappa shape index (κ1) is 12.4. The standard InChI is InChI=1S/C11H10BrNO3/c1-7-8(12)3-2-4-9(7)13-10(14)5-6-11(15)16/h2-6H,1H3,(H,13,14)(H,15,16)/b6-5+. The molecule has 0 spiro atoms. The molecular weight excluding hydrogens is 274 g/mol. The second kappa shape index (κ2) is 5.46. The molecule has 4 nitrogen and oxygen atoms in total. The molecule has 0 aromatic heterocycles. The molecule has 0 bridgehead atoms. The lowest BCUT2D eigenvalue weighted by molar-refractivity contribution is -0.131. The number of nitrogens with one attached hydrogen (secondary N) is 1. The zero-order chi connectivity index (χ0) is 12.1. The molecule has 0 heterocycles. The second-order valence-corrected chi connectivity index (χ2v) is 3.93. The normalized spacial score (nSPS) is 10.4. The van der Waals surface area contributed by atoms with Gasteiger partial charge in [-0.2, -0.15) is 0 Å². The molecular formula is C11H10BrNO3. The van der Waals surface area contributed by atoms with E-state index in [1.165, 1.54) is 0 Å². The fourth-order valence-corrected chi connectivity index (χ4v) is 1.43. The molecule has 0 saturated carbocycles. The van der Waals surface area contributed by atoms with E-state index >= 15 is 0 Å². The van der Waals surface area contributed by atoms with Crippen molar-refractivity contribution in [3.8, 4) is 0 Å². The Morgan fingerprint density at radius 2 is 2.06 bits per heavy atom. The lowest BCUT2D eigenvalue weighted by atomic mass is 10.2. The summed E-state index contributed by atoms with van der Waals surface area (Å²) in [6, 6.07) is 5.39. The summed E-state index contributed by atoms with van der Waals surface area (Å²) in [4.78, 5) is 21.5. The van der Waals surface area contributed by atoms with Gasteiger partial charge in [-0.3, -0.25) is 4.79 Å². The fraction of sp³-hybridized carbons (Fsp3) is 0.0909. The van der Waals surface area contributed by atoms with Crippen LogP contribution in [0.1, 0.15) is 5.56 Å². The number of rotatable bonds is 3. The van der Waals surface area contributed by atoms with Gasteiger partial charge in [0.05, 0.1) is 0 Å². The summed E-state index contributed by atoms with van der Waals surface area (Å²) >= 11 is 3.33. The van der Waals surface area contributed by atoms with E-state index in [1.54, 1.807) is 12.1 Å². The highest BCUT2D eigenvalue weighted by molar-refractivity contribution is 9.10. The van der Waals surface area contributed by atoms with E-state index in [9.17, 15) is 9.59 Å². The highest BCUT2D eigenvalue weighted by Crippen LogP contribution is 2.23. The predicted octanol–water partition coefficient (Wildman–Crippen LogP) is 2.34. The van der Waals surface area contributed by atoms with Crippen LogP contribution in [0.25, 0.3) is 0 Å². The number of aliphatic carboxylic acids is 1. The minimum absolute atomic E-state index is 0.469. The third kappa shape index (κ3) is 3.51. The van der Waals surface area contributed by atoms with Crippen LogP contribution in [-0.2, 0) is 9.59 Å². The molecule has 1 amide bonds. The monoisotopic (exact) mass is 283 g/mol. The van der Waals surface area contributed by atoms with Gasteiger partial charge < -0.3 is 10.4 Å². The van der Waals surface area contributed by atoms with Crippen LogP contribution in [0.3, 0.4) is 0 Å². The molecule has 0 saturated heterocycles. The molecule has 2 N–H and O–H groups in total. The first-order chi connectivity index (χ1) is 7.50. The molecule has 0 aliphatic heterocycles. The van der Waals surface area contributed by atoms with Crippen molar-refractivity contribution >= 4 is 33.5 Å². The Labute approximate surface area is 101 Å². The number of carbonyl (C=O) groups is 2. The first-order valence-electron chi connectivity index (χ1n) is 4.48. The van der Waals surface area contributed by atoms with Gasteiger partial charge in [-0.1, -0.05) is 22.0 Å². The molecule has 1 rings (SSSR count). The summed E-state index contributed by atoms with van der Waals surface area (Å²) in [7, 11) is 0. The second-order valence-electron chi connectivity index (χ2n) is 3.07. The molecule has 0 fully saturated rings. The van der Waals surface area contributed by atoms with Crippen molar-refractivity contribution in [2.24, 2.45) is 0 Å². The number of anilines is 1. The third-order valence-corrected chi connectivity index (χ3v) is 2.76. The van der Waals surface area contributed by atoms with Crippen LogP contribution in [0.15, 0.2) is 34.8 Å². The SMILES string of the molecule is Cc1c(Br)cccc1NC(=O)/C=C/C(=O)O. The quantitative estimate of drug-likeness (QED) is 0.837. The fourth-order valence-electron chi connectivity index (χ4n) is 1.06. The highest BCUT2D eigenvalue weighted by Gasteiger charge is 2.04. The van der Waals surface area contributed by atoms with E-state index in [4.69, 9.17) is 5.11 Å². The molecule has 5 heteroatoms. The van der Waals surface area contributed by atoms with Crippen LogP contribution in [0.2, 0.25) is 0 Å². The topological polar surface area (TPSA) is 66.4 Å². The Balaban J connectivity index is 2.78. The molecule has 16 heavy (non-hydrogen) atoms. The van der Waals surface area contributed by atoms with Crippen LogP contribution >= 0.6 is 15.9 Å². The van der Waals surface area contributed by atoms with Crippen molar-refractivity contribution in [1.29, 1.82) is 0 Å². The van der Waals surface area contributed by atoms with Crippen molar-refractivity contribution in [2.45, 2.75) is 6.92 Å². The van der Waals surface area contributed by atoms with Crippen LogP contribution in [0.5, 0.6) is 0 Å². The van der Waals surface area contributed by atoms with Crippen molar-refractivity contribution in [3.05, 3.63) is 40.4 Å². The predicted molar refractivity (Wildman–Crippen MR) is 64.3 cm³/mol. The largest absolute Gasteiger partial charge is 0.478 e. The molecule has 0 atom stereocenters. The van der Waals surface area contributed by atoms with Gasteiger partial charge in [0.1, 0.15) is 0 Å². The summed E-state index contributed by atoms with van der Waals surface area (Å²) in [6.45, 7) is 1.85. The van der Waals surface area contributed by atoms with E-state index in [-0.39, 0.29) is 0 Å². The van der Waals surface area contributed by atoms with E-state index < -0.39 is 11.9 Å². The van der Waals surface area contributed by atoms with Gasteiger partial charge in [0.25, 0.3) is 0 Å². The highest BCUT2D eigenvalue weighted by atomic mass is 79.9. The number of carboxylic acids is 1. The summed E-state index contributed by atoms with van der Waals surface area (Å²) < 4.78 is 0.882. The van der Waals surface area contributed by atoms with Crippen molar-refractivity contribution in [3.63, 3.8) is 0 Å². The summed E-state index contributed by atoms with van der Waals surface area (Å²) in [5.41, 5.74) is 1.54. The van der Waals surface area contributed by atoms with Crippen molar-refractivity contribution < 1.29 is 14.7 Å². The Morgan fingerprint density at radius 1 is 1.38 bits per heavy atom. The molecule has 1 aromatic rings. The molecule has 0 aliphatic carbocycles. The van der Waals surface area contributed by atoms with Crippen LogP contribution in [0.4, 0.5) is 5.69 Å². The van der Waals surface area contributed by atoms with Gasteiger partial charge >= 0.3 is 5.97 Å². The van der Waals surface area contributed by atoms with Gasteiger partial charge in [-0.05, 0) is 24.6 Å². The average molecular weight is 284 g/mol. The number of hydrogen-bond acceptors (Lipinski definition) is 2. The number of carboxylic acid groups (broad SMARTS) is 1. The zero-order valence-electron chi connectivity index (χ0n) is 8.53. The Bertz CT molecular complexity index is 455. The van der Waals surface area contributed by atoms with Gasteiger partial charge in [-0.15, -0.1) is 0 Å². The van der Waals surface area contributed by atoms with Crippen molar-refractivity contribution in [2.75, 3.05) is 5.32 Å². The average Bonchev–Trinajstić information content (AvgIpc) is 2.22. The van der Waals surface area contributed by atoms with E-state index in [0.717, 1.165) is 22.2 Å². The van der Waals surface area contributed by atoms with Gasteiger partial charge in [0, 0.05) is 22.3 Å². The van der Waals surface area contributed by atoms with Gasteiger partial charge in [0.15, 0.2) is 0 Å². The minimum atomic E-state index is -1.15. The number of hydrogen-bond donors (Lipinski definition) is 2. The van der Waals surface area contributed by atoms with Gasteiger partial charge in [0.2, 0.25) is 5.91 Å². The van der Waals surface area contributed by atoms with Crippen molar-refractivity contribution in [1.82, 2.24) is 0 Å². The first-order valence-corrected chi connectivity index (χ1v) is 5.27.